The molecule has 0 saturated carbocycles. The molecule has 4 N–H and O–H groups in total. The van der Waals surface area contributed by atoms with Gasteiger partial charge in [0.25, 0.3) is 0 Å². The van der Waals surface area contributed by atoms with E-state index in [1.165, 1.54) is 0 Å². The zero-order valence-corrected chi connectivity index (χ0v) is 4.28. The Morgan fingerprint density at radius 2 is 1.88 bits per heavy atom. The highest BCUT2D eigenvalue weighted by molar-refractivity contribution is 4.82. The Balaban J connectivity index is 3.29. The zero-order chi connectivity index (χ0) is 6.57. The first-order valence-corrected chi connectivity index (χ1v) is 2.16. The summed E-state index contributed by atoms with van der Waals surface area (Å²) < 4.78 is 0. The Bertz CT molecular complexity index is 48.0. The van der Waals surface area contributed by atoms with Gasteiger partial charge in [0.05, 0.1) is 13.2 Å². The van der Waals surface area contributed by atoms with Gasteiger partial charge in [0.2, 0.25) is 0 Å². The summed E-state index contributed by atoms with van der Waals surface area (Å²) in [4.78, 5) is 0. The second-order valence-corrected chi connectivity index (χ2v) is 1.35. The molecule has 0 aliphatic carbocycles. The molecule has 4 heteroatoms. The Hall–Kier alpha value is -0.160. The first kappa shape index (κ1) is 7.84. The van der Waals surface area contributed by atoms with Gasteiger partial charge in [-0.1, -0.05) is 0 Å². The molecule has 0 saturated heterocycles. The molecule has 49 valence electrons. The molecule has 0 aromatic heterocycles. The number of aliphatic hydroxyl groups excluding tert-OH is 4. The molecule has 0 rings (SSSR count). The molecule has 0 aliphatic rings. The van der Waals surface area contributed by atoms with Crippen molar-refractivity contribution in [1.82, 2.24) is 0 Å². The molecule has 0 spiro atoms. The van der Waals surface area contributed by atoms with E-state index in [9.17, 15) is 0 Å². The molecule has 0 aromatic rings. The van der Waals surface area contributed by atoms with Gasteiger partial charge in [0.1, 0.15) is 12.2 Å². The normalized spacial score (nSPS) is 14.6. The van der Waals surface area contributed by atoms with Crippen LogP contribution in [0, 0.1) is 6.10 Å². The van der Waals surface area contributed by atoms with E-state index in [4.69, 9.17) is 20.4 Å². The second kappa shape index (κ2) is 3.80. The van der Waals surface area contributed by atoms with E-state index in [1.54, 1.807) is 0 Å². The Kier molecular flexibility index (Phi) is 3.72. The van der Waals surface area contributed by atoms with Crippen molar-refractivity contribution in [2.75, 3.05) is 13.2 Å². The van der Waals surface area contributed by atoms with Crippen molar-refractivity contribution >= 4 is 0 Å². The van der Waals surface area contributed by atoms with Crippen molar-refractivity contribution in [3.63, 3.8) is 0 Å². The largest absolute Gasteiger partial charge is 0.394 e. The Morgan fingerprint density at radius 3 is 2.00 bits per heavy atom. The van der Waals surface area contributed by atoms with Crippen LogP contribution in [0.1, 0.15) is 0 Å². The van der Waals surface area contributed by atoms with Gasteiger partial charge in [-0.2, -0.15) is 0 Å². The van der Waals surface area contributed by atoms with Gasteiger partial charge in [-0.05, 0) is 0 Å². The van der Waals surface area contributed by atoms with Crippen LogP contribution in [0.15, 0.2) is 0 Å². The predicted octanol–water partition coefficient (Wildman–Crippen LogP) is -1.76. The molecule has 1 radical (unpaired) electrons. The van der Waals surface area contributed by atoms with E-state index in [-0.39, 0.29) is 0 Å². The van der Waals surface area contributed by atoms with Gasteiger partial charge < -0.3 is 20.4 Å². The Labute approximate surface area is 47.0 Å². The standard InChI is InChI=1S/C4H9O4/c5-1-3(7)4(8)2-6/h3,5-8H,1-2H2. The zero-order valence-electron chi connectivity index (χ0n) is 4.28. The average Bonchev–Trinajstić information content (AvgIpc) is 1.84. The summed E-state index contributed by atoms with van der Waals surface area (Å²) in [5, 5.41) is 33.0. The Morgan fingerprint density at radius 1 is 1.38 bits per heavy atom. The molecule has 0 bridgehead atoms. The minimum Gasteiger partial charge on any atom is -0.394 e. The highest BCUT2D eigenvalue weighted by Crippen LogP contribution is 1.97. The minimum atomic E-state index is -1.31. The SMILES string of the molecule is OC[C](O)C(O)CO. The fourth-order valence-electron chi connectivity index (χ4n) is 0.211. The third-order valence-electron chi connectivity index (χ3n) is 0.720. The summed E-state index contributed by atoms with van der Waals surface area (Å²) in [5.41, 5.74) is 0. The lowest BCUT2D eigenvalue weighted by molar-refractivity contribution is 0.0257. The number of rotatable bonds is 3. The van der Waals surface area contributed by atoms with Crippen LogP contribution in [0.25, 0.3) is 0 Å². The fourth-order valence-corrected chi connectivity index (χ4v) is 0.211. The van der Waals surface area contributed by atoms with E-state index in [1.807, 2.05) is 0 Å². The quantitative estimate of drug-likeness (QED) is 0.356. The summed E-state index contributed by atoms with van der Waals surface area (Å²) in [6.45, 7) is -1.17. The molecular weight excluding hydrogens is 112 g/mol. The van der Waals surface area contributed by atoms with Crippen LogP contribution in [0.2, 0.25) is 0 Å². The molecule has 0 aliphatic heterocycles. The molecule has 1 unspecified atom stereocenters. The highest BCUT2D eigenvalue weighted by Gasteiger charge is 2.13. The van der Waals surface area contributed by atoms with Gasteiger partial charge in [0, 0.05) is 0 Å². The monoisotopic (exact) mass is 121 g/mol. The molecule has 0 amide bonds. The first-order valence-electron chi connectivity index (χ1n) is 2.16. The third-order valence-corrected chi connectivity index (χ3v) is 0.720. The van der Waals surface area contributed by atoms with Crippen molar-refractivity contribution in [3.8, 4) is 0 Å². The number of aliphatic hydroxyl groups is 4. The summed E-state index contributed by atoms with van der Waals surface area (Å²) in [6.07, 6.45) is -1.81. The molecule has 0 heterocycles. The van der Waals surface area contributed by atoms with E-state index in [0.29, 0.717) is 0 Å². The highest BCUT2D eigenvalue weighted by atomic mass is 16.4. The number of hydrogen-bond donors (Lipinski definition) is 4. The first-order chi connectivity index (χ1) is 3.72. The van der Waals surface area contributed by atoms with Crippen molar-refractivity contribution in [3.05, 3.63) is 6.10 Å². The van der Waals surface area contributed by atoms with E-state index < -0.39 is 25.4 Å². The van der Waals surface area contributed by atoms with Crippen molar-refractivity contribution < 1.29 is 20.4 Å². The van der Waals surface area contributed by atoms with Crippen LogP contribution in [0.5, 0.6) is 0 Å². The van der Waals surface area contributed by atoms with E-state index in [0.717, 1.165) is 0 Å². The topological polar surface area (TPSA) is 80.9 Å². The summed E-state index contributed by atoms with van der Waals surface area (Å²) >= 11 is 0. The van der Waals surface area contributed by atoms with Crippen LogP contribution < -0.4 is 0 Å². The summed E-state index contributed by atoms with van der Waals surface area (Å²) in [5.74, 6) is 0. The lowest BCUT2D eigenvalue weighted by Crippen LogP contribution is -2.24. The molecule has 1 atom stereocenters. The minimum absolute atomic E-state index is 0.507. The molecular formula is C4H9O4. The van der Waals surface area contributed by atoms with Crippen LogP contribution in [-0.4, -0.2) is 39.7 Å². The predicted molar refractivity (Wildman–Crippen MR) is 25.4 cm³/mol. The van der Waals surface area contributed by atoms with Crippen molar-refractivity contribution in [2.45, 2.75) is 6.10 Å². The van der Waals surface area contributed by atoms with Crippen LogP contribution >= 0.6 is 0 Å². The van der Waals surface area contributed by atoms with Gasteiger partial charge in [-0.25, -0.2) is 0 Å². The second-order valence-electron chi connectivity index (χ2n) is 1.35. The van der Waals surface area contributed by atoms with Crippen LogP contribution in [-0.2, 0) is 0 Å². The third kappa shape index (κ3) is 2.23. The maximum absolute atomic E-state index is 8.43. The lowest BCUT2D eigenvalue weighted by Gasteiger charge is -2.09. The maximum atomic E-state index is 8.43. The van der Waals surface area contributed by atoms with Gasteiger partial charge in [-0.15, -0.1) is 0 Å². The maximum Gasteiger partial charge on any atom is 0.149 e. The van der Waals surface area contributed by atoms with Gasteiger partial charge in [0.15, 0.2) is 0 Å². The molecule has 4 nitrogen and oxygen atoms in total. The van der Waals surface area contributed by atoms with Crippen molar-refractivity contribution in [2.24, 2.45) is 0 Å². The van der Waals surface area contributed by atoms with Crippen LogP contribution in [0.4, 0.5) is 0 Å². The lowest BCUT2D eigenvalue weighted by atomic mass is 10.2. The van der Waals surface area contributed by atoms with E-state index in [2.05, 4.69) is 0 Å². The van der Waals surface area contributed by atoms with Gasteiger partial charge in [-0.3, -0.25) is 0 Å². The van der Waals surface area contributed by atoms with E-state index >= 15 is 0 Å². The smallest absolute Gasteiger partial charge is 0.149 e. The van der Waals surface area contributed by atoms with Gasteiger partial charge >= 0.3 is 0 Å². The molecule has 8 heavy (non-hydrogen) atoms. The van der Waals surface area contributed by atoms with Crippen molar-refractivity contribution in [1.29, 1.82) is 0 Å². The summed E-state index contributed by atoms with van der Waals surface area (Å²) in [6, 6.07) is 0. The average molecular weight is 121 g/mol. The fraction of sp³-hybridized carbons (Fsp3) is 0.750. The summed E-state index contributed by atoms with van der Waals surface area (Å²) in [7, 11) is 0. The van der Waals surface area contributed by atoms with Crippen LogP contribution in [0.3, 0.4) is 0 Å². The molecule has 0 fully saturated rings. The molecule has 0 aromatic carbocycles. The number of hydrogen-bond acceptors (Lipinski definition) is 4.